The van der Waals surface area contributed by atoms with Crippen LogP contribution in [0.4, 0.5) is 4.79 Å². The van der Waals surface area contributed by atoms with Crippen molar-refractivity contribution in [2.75, 3.05) is 19.6 Å². The number of nitrogens with zero attached hydrogens (tertiary/aromatic N) is 2. The SMILES string of the molecule is CC(NC(=O)NCC(=O)N1CCCCC1)c1ccc(-c2ccncc2)cc1. The van der Waals surface area contributed by atoms with Crippen LogP contribution in [0.2, 0.25) is 0 Å². The summed E-state index contributed by atoms with van der Waals surface area (Å²) in [4.78, 5) is 30.1. The normalized spacial score (nSPS) is 15.1. The van der Waals surface area contributed by atoms with Crippen LogP contribution in [-0.4, -0.2) is 41.5 Å². The lowest BCUT2D eigenvalue weighted by molar-refractivity contribution is -0.130. The summed E-state index contributed by atoms with van der Waals surface area (Å²) < 4.78 is 0. The van der Waals surface area contributed by atoms with Crippen LogP contribution in [-0.2, 0) is 4.79 Å². The van der Waals surface area contributed by atoms with E-state index in [0.29, 0.717) is 0 Å². The molecule has 1 aliphatic heterocycles. The standard InChI is InChI=1S/C21H26N4O2/c1-16(17-5-7-18(8-6-17)19-9-11-22-12-10-19)24-21(27)23-15-20(26)25-13-3-2-4-14-25/h5-12,16H,2-4,13-15H2,1H3,(H2,23,24,27). The van der Waals surface area contributed by atoms with Gasteiger partial charge in [-0.2, -0.15) is 0 Å². The molecule has 1 atom stereocenters. The monoisotopic (exact) mass is 366 g/mol. The highest BCUT2D eigenvalue weighted by molar-refractivity contribution is 5.84. The number of carbonyl (C=O) groups is 2. The molecule has 1 unspecified atom stereocenters. The average molecular weight is 366 g/mol. The Balaban J connectivity index is 1.48. The van der Waals surface area contributed by atoms with Gasteiger partial charge in [-0.1, -0.05) is 24.3 Å². The molecule has 142 valence electrons. The van der Waals surface area contributed by atoms with Crippen molar-refractivity contribution in [2.24, 2.45) is 0 Å². The van der Waals surface area contributed by atoms with Crippen LogP contribution in [0.25, 0.3) is 11.1 Å². The van der Waals surface area contributed by atoms with Crippen LogP contribution in [0.1, 0.15) is 37.8 Å². The van der Waals surface area contributed by atoms with E-state index in [0.717, 1.165) is 42.6 Å². The van der Waals surface area contributed by atoms with Gasteiger partial charge in [0.05, 0.1) is 12.6 Å². The molecule has 1 aromatic heterocycles. The minimum atomic E-state index is -0.328. The van der Waals surface area contributed by atoms with Crippen molar-refractivity contribution in [3.8, 4) is 11.1 Å². The van der Waals surface area contributed by atoms with Crippen molar-refractivity contribution in [1.29, 1.82) is 0 Å². The van der Waals surface area contributed by atoms with Crippen molar-refractivity contribution < 1.29 is 9.59 Å². The Bertz CT molecular complexity index is 756. The third kappa shape index (κ3) is 5.29. The minimum absolute atomic E-state index is 0.0146. The van der Waals surface area contributed by atoms with E-state index in [4.69, 9.17) is 0 Å². The second-order valence-corrected chi connectivity index (χ2v) is 6.85. The lowest BCUT2D eigenvalue weighted by atomic mass is 10.0. The Labute approximate surface area is 160 Å². The Morgan fingerprint density at radius 1 is 1.00 bits per heavy atom. The molecule has 1 saturated heterocycles. The summed E-state index contributed by atoms with van der Waals surface area (Å²) in [6.45, 7) is 3.55. The van der Waals surface area contributed by atoms with Gasteiger partial charge in [0.15, 0.2) is 0 Å². The highest BCUT2D eigenvalue weighted by Gasteiger charge is 2.17. The van der Waals surface area contributed by atoms with Gasteiger partial charge in [0.25, 0.3) is 0 Å². The van der Waals surface area contributed by atoms with Crippen LogP contribution in [0, 0.1) is 0 Å². The number of rotatable bonds is 5. The molecule has 27 heavy (non-hydrogen) atoms. The molecule has 3 rings (SSSR count). The first-order valence-corrected chi connectivity index (χ1v) is 9.46. The topological polar surface area (TPSA) is 74.3 Å². The van der Waals surface area contributed by atoms with E-state index in [1.807, 2.05) is 48.2 Å². The molecule has 0 bridgehead atoms. The van der Waals surface area contributed by atoms with Gasteiger partial charge < -0.3 is 15.5 Å². The molecule has 0 saturated carbocycles. The maximum atomic E-state index is 12.1. The van der Waals surface area contributed by atoms with Gasteiger partial charge in [-0.05, 0) is 55.0 Å². The van der Waals surface area contributed by atoms with Gasteiger partial charge >= 0.3 is 6.03 Å². The van der Waals surface area contributed by atoms with Crippen LogP contribution >= 0.6 is 0 Å². The molecule has 0 aliphatic carbocycles. The molecule has 1 aliphatic rings. The van der Waals surface area contributed by atoms with Gasteiger partial charge in [-0.25, -0.2) is 4.79 Å². The van der Waals surface area contributed by atoms with E-state index in [1.165, 1.54) is 6.42 Å². The lowest BCUT2D eigenvalue weighted by Crippen LogP contribution is -2.45. The Hall–Kier alpha value is -2.89. The van der Waals surface area contributed by atoms with Crippen molar-refractivity contribution in [3.05, 3.63) is 54.4 Å². The molecule has 6 heteroatoms. The van der Waals surface area contributed by atoms with E-state index in [2.05, 4.69) is 15.6 Å². The maximum Gasteiger partial charge on any atom is 0.315 e. The molecule has 0 radical (unpaired) electrons. The smallest absolute Gasteiger partial charge is 0.315 e. The van der Waals surface area contributed by atoms with Gasteiger partial charge in [0, 0.05) is 25.5 Å². The molecule has 2 N–H and O–H groups in total. The number of hydrogen-bond donors (Lipinski definition) is 2. The average Bonchev–Trinajstić information content (AvgIpc) is 2.73. The number of likely N-dealkylation sites (tertiary alicyclic amines) is 1. The number of nitrogens with one attached hydrogen (secondary N) is 2. The second kappa shape index (κ2) is 9.16. The first kappa shape index (κ1) is 18.9. The predicted octanol–water partition coefficient (Wildman–Crippen LogP) is 3.12. The largest absolute Gasteiger partial charge is 0.341 e. The van der Waals surface area contributed by atoms with Crippen LogP contribution in [0.5, 0.6) is 0 Å². The van der Waals surface area contributed by atoms with E-state index in [-0.39, 0.29) is 24.5 Å². The number of benzene rings is 1. The molecule has 2 heterocycles. The van der Waals surface area contributed by atoms with E-state index in [1.54, 1.807) is 12.4 Å². The summed E-state index contributed by atoms with van der Waals surface area (Å²) in [7, 11) is 0. The number of aromatic nitrogens is 1. The van der Waals surface area contributed by atoms with E-state index in [9.17, 15) is 9.59 Å². The maximum absolute atomic E-state index is 12.1. The highest BCUT2D eigenvalue weighted by Crippen LogP contribution is 2.21. The zero-order valence-corrected chi connectivity index (χ0v) is 15.6. The van der Waals surface area contributed by atoms with Gasteiger partial charge in [-0.15, -0.1) is 0 Å². The number of carbonyl (C=O) groups excluding carboxylic acids is 2. The zero-order chi connectivity index (χ0) is 19.1. The summed E-state index contributed by atoms with van der Waals surface area (Å²) in [6, 6.07) is 11.5. The van der Waals surface area contributed by atoms with Crippen molar-refractivity contribution in [2.45, 2.75) is 32.2 Å². The summed E-state index contributed by atoms with van der Waals surface area (Å²) in [5.41, 5.74) is 3.21. The summed E-state index contributed by atoms with van der Waals surface area (Å²) >= 11 is 0. The Morgan fingerprint density at radius 3 is 2.30 bits per heavy atom. The lowest BCUT2D eigenvalue weighted by Gasteiger charge is -2.26. The van der Waals surface area contributed by atoms with Gasteiger partial charge in [0.1, 0.15) is 0 Å². The quantitative estimate of drug-likeness (QED) is 0.854. The summed E-state index contributed by atoms with van der Waals surface area (Å²) in [5, 5.41) is 5.55. The fourth-order valence-corrected chi connectivity index (χ4v) is 3.25. The van der Waals surface area contributed by atoms with Gasteiger partial charge in [0.2, 0.25) is 5.91 Å². The van der Waals surface area contributed by atoms with Crippen LogP contribution in [0.3, 0.4) is 0 Å². The highest BCUT2D eigenvalue weighted by atomic mass is 16.2. The Morgan fingerprint density at radius 2 is 1.63 bits per heavy atom. The third-order valence-electron chi connectivity index (χ3n) is 4.88. The molecule has 1 aromatic carbocycles. The fraction of sp³-hybridized carbons (Fsp3) is 0.381. The van der Waals surface area contributed by atoms with Crippen LogP contribution in [0.15, 0.2) is 48.8 Å². The fourth-order valence-electron chi connectivity index (χ4n) is 3.25. The summed E-state index contributed by atoms with van der Waals surface area (Å²) in [5.74, 6) is -0.0146. The number of hydrogen-bond acceptors (Lipinski definition) is 3. The Kier molecular flexibility index (Phi) is 6.41. The molecule has 0 spiro atoms. The zero-order valence-electron chi connectivity index (χ0n) is 15.6. The molecule has 6 nitrogen and oxygen atoms in total. The van der Waals surface area contributed by atoms with Crippen molar-refractivity contribution in [1.82, 2.24) is 20.5 Å². The number of urea groups is 1. The number of amides is 3. The third-order valence-corrected chi connectivity index (χ3v) is 4.88. The van der Waals surface area contributed by atoms with E-state index >= 15 is 0 Å². The molecular weight excluding hydrogens is 340 g/mol. The van der Waals surface area contributed by atoms with E-state index < -0.39 is 0 Å². The first-order chi connectivity index (χ1) is 13.1. The number of pyridine rings is 1. The molecule has 1 fully saturated rings. The van der Waals surface area contributed by atoms with Crippen LogP contribution < -0.4 is 10.6 Å². The first-order valence-electron chi connectivity index (χ1n) is 9.46. The number of piperidine rings is 1. The van der Waals surface area contributed by atoms with Crippen molar-refractivity contribution >= 4 is 11.9 Å². The predicted molar refractivity (Wildman–Crippen MR) is 105 cm³/mol. The molecule has 3 amide bonds. The summed E-state index contributed by atoms with van der Waals surface area (Å²) in [6.07, 6.45) is 6.80. The minimum Gasteiger partial charge on any atom is -0.341 e. The molecular formula is C21H26N4O2. The second-order valence-electron chi connectivity index (χ2n) is 6.85. The van der Waals surface area contributed by atoms with Crippen molar-refractivity contribution in [3.63, 3.8) is 0 Å². The van der Waals surface area contributed by atoms with Gasteiger partial charge in [-0.3, -0.25) is 9.78 Å². The molecule has 2 aromatic rings.